The molecule has 2 aliphatic heterocycles. The largest absolute Gasteiger partial charge is 0.381 e. The topological polar surface area (TPSA) is 60.5 Å². The predicted octanol–water partition coefficient (Wildman–Crippen LogP) is 2.34. The highest BCUT2D eigenvalue weighted by atomic mass is 16.5. The molecular formula is C20H24N2O3. The van der Waals surface area contributed by atoms with Crippen LogP contribution in [-0.2, 0) is 20.7 Å². The van der Waals surface area contributed by atoms with E-state index in [2.05, 4.69) is 22.4 Å². The molecule has 5 heteroatoms. The Morgan fingerprint density at radius 1 is 1.12 bits per heavy atom. The number of pyridine rings is 1. The fourth-order valence-corrected chi connectivity index (χ4v) is 3.84. The maximum absolute atomic E-state index is 12.5. The Morgan fingerprint density at radius 2 is 1.96 bits per heavy atom. The smallest absolute Gasteiger partial charge is 0.223 e. The Kier molecular flexibility index (Phi) is 4.95. The second-order valence-electron chi connectivity index (χ2n) is 6.99. The third kappa shape index (κ3) is 3.67. The van der Waals surface area contributed by atoms with Gasteiger partial charge in [-0.1, -0.05) is 18.2 Å². The zero-order valence-corrected chi connectivity index (χ0v) is 14.3. The first-order valence-corrected chi connectivity index (χ1v) is 9.10. The Morgan fingerprint density at radius 3 is 2.84 bits per heavy atom. The first-order valence-electron chi connectivity index (χ1n) is 9.10. The minimum atomic E-state index is 0.0803. The number of carbonyl (C=O) groups is 1. The molecule has 25 heavy (non-hydrogen) atoms. The zero-order valence-electron chi connectivity index (χ0n) is 14.3. The number of benzene rings is 1. The molecule has 0 unspecified atom stereocenters. The highest BCUT2D eigenvalue weighted by Gasteiger charge is 2.32. The van der Waals surface area contributed by atoms with E-state index in [0.717, 1.165) is 24.8 Å². The molecule has 2 fully saturated rings. The summed E-state index contributed by atoms with van der Waals surface area (Å²) in [6.45, 7) is 2.66. The van der Waals surface area contributed by atoms with E-state index in [0.29, 0.717) is 32.3 Å². The maximum atomic E-state index is 12.5. The van der Waals surface area contributed by atoms with Gasteiger partial charge in [0, 0.05) is 36.6 Å². The molecule has 1 aromatic carbocycles. The van der Waals surface area contributed by atoms with E-state index in [1.54, 1.807) is 0 Å². The van der Waals surface area contributed by atoms with E-state index in [-0.39, 0.29) is 17.9 Å². The third-order valence-electron chi connectivity index (χ3n) is 5.34. The van der Waals surface area contributed by atoms with Crippen LogP contribution in [0.25, 0.3) is 10.9 Å². The van der Waals surface area contributed by atoms with Gasteiger partial charge in [0.25, 0.3) is 0 Å². The van der Waals surface area contributed by atoms with Gasteiger partial charge >= 0.3 is 0 Å². The molecule has 2 aromatic rings. The van der Waals surface area contributed by atoms with Gasteiger partial charge in [-0.05, 0) is 37.0 Å². The van der Waals surface area contributed by atoms with Crippen LogP contribution in [0.1, 0.15) is 18.4 Å². The number of carbonyl (C=O) groups excluding carboxylic acids is 1. The second-order valence-corrected chi connectivity index (χ2v) is 6.99. The summed E-state index contributed by atoms with van der Waals surface area (Å²) >= 11 is 0. The molecule has 0 saturated carbocycles. The van der Waals surface area contributed by atoms with E-state index < -0.39 is 0 Å². The molecule has 5 nitrogen and oxygen atoms in total. The highest BCUT2D eigenvalue weighted by molar-refractivity contribution is 5.82. The van der Waals surface area contributed by atoms with Gasteiger partial charge in [0.15, 0.2) is 0 Å². The zero-order chi connectivity index (χ0) is 17.1. The average molecular weight is 340 g/mol. The van der Waals surface area contributed by atoms with Crippen molar-refractivity contribution in [3.63, 3.8) is 0 Å². The van der Waals surface area contributed by atoms with Crippen molar-refractivity contribution in [1.29, 1.82) is 0 Å². The monoisotopic (exact) mass is 340 g/mol. The molecule has 1 aromatic heterocycles. The molecule has 4 rings (SSSR count). The first-order chi connectivity index (χ1) is 12.3. The molecule has 0 bridgehead atoms. The fraction of sp³-hybridized carbons (Fsp3) is 0.500. The SMILES string of the molecule is O=C(N[C@@H]1COC[C@H]1Cc1ccnc2ccccc12)C1CCOCC1. The molecule has 1 amide bonds. The quantitative estimate of drug-likeness (QED) is 0.928. The van der Waals surface area contributed by atoms with Crippen LogP contribution in [0.4, 0.5) is 0 Å². The molecular weight excluding hydrogens is 316 g/mol. The van der Waals surface area contributed by atoms with Gasteiger partial charge < -0.3 is 14.8 Å². The van der Waals surface area contributed by atoms with Gasteiger partial charge in [0.2, 0.25) is 5.91 Å². The third-order valence-corrected chi connectivity index (χ3v) is 5.34. The fourth-order valence-electron chi connectivity index (χ4n) is 3.84. The molecule has 1 N–H and O–H groups in total. The molecule has 2 aliphatic rings. The average Bonchev–Trinajstić information content (AvgIpc) is 3.09. The van der Waals surface area contributed by atoms with Crippen LogP contribution >= 0.6 is 0 Å². The summed E-state index contributed by atoms with van der Waals surface area (Å²) in [6.07, 6.45) is 4.39. The van der Waals surface area contributed by atoms with E-state index in [9.17, 15) is 4.79 Å². The normalized spacial score (nSPS) is 24.5. The number of para-hydroxylation sites is 1. The van der Waals surface area contributed by atoms with Gasteiger partial charge in [0.05, 0.1) is 24.8 Å². The lowest BCUT2D eigenvalue weighted by Gasteiger charge is -2.25. The van der Waals surface area contributed by atoms with E-state index in [1.807, 2.05) is 24.4 Å². The standard InChI is InChI=1S/C20H24N2O3/c23-20(14-6-9-24-10-7-14)22-19-13-25-12-16(19)11-15-5-8-21-18-4-2-1-3-17(15)18/h1-5,8,14,16,19H,6-7,9-13H2,(H,22,23)/t16-,19-/m1/s1. The highest BCUT2D eigenvalue weighted by Crippen LogP contribution is 2.25. The Balaban J connectivity index is 1.45. The van der Waals surface area contributed by atoms with Crippen molar-refractivity contribution < 1.29 is 14.3 Å². The second kappa shape index (κ2) is 7.50. The van der Waals surface area contributed by atoms with Crippen molar-refractivity contribution in [3.8, 4) is 0 Å². The van der Waals surface area contributed by atoms with E-state index in [1.165, 1.54) is 10.9 Å². The van der Waals surface area contributed by atoms with Gasteiger partial charge in [-0.3, -0.25) is 9.78 Å². The van der Waals surface area contributed by atoms with Crippen molar-refractivity contribution in [3.05, 3.63) is 42.1 Å². The van der Waals surface area contributed by atoms with Crippen molar-refractivity contribution in [2.24, 2.45) is 11.8 Å². The number of rotatable bonds is 4. The maximum Gasteiger partial charge on any atom is 0.223 e. The lowest BCUT2D eigenvalue weighted by Crippen LogP contribution is -2.44. The number of hydrogen-bond acceptors (Lipinski definition) is 4. The van der Waals surface area contributed by atoms with E-state index >= 15 is 0 Å². The van der Waals surface area contributed by atoms with Crippen molar-refractivity contribution >= 4 is 16.8 Å². The Bertz CT molecular complexity index is 737. The van der Waals surface area contributed by atoms with Crippen LogP contribution in [0.3, 0.4) is 0 Å². The van der Waals surface area contributed by atoms with Crippen LogP contribution in [0, 0.1) is 11.8 Å². The number of fused-ring (bicyclic) bond motifs is 1. The summed E-state index contributed by atoms with van der Waals surface area (Å²) in [6, 6.07) is 10.4. The van der Waals surface area contributed by atoms with Crippen molar-refractivity contribution in [2.45, 2.75) is 25.3 Å². The predicted molar refractivity (Wildman–Crippen MR) is 95.2 cm³/mol. The van der Waals surface area contributed by atoms with Crippen LogP contribution in [0.2, 0.25) is 0 Å². The molecule has 0 radical (unpaired) electrons. The summed E-state index contributed by atoms with van der Waals surface area (Å²) in [4.78, 5) is 17.0. The molecule has 2 saturated heterocycles. The van der Waals surface area contributed by atoms with Gasteiger partial charge in [-0.15, -0.1) is 0 Å². The van der Waals surface area contributed by atoms with Gasteiger partial charge in [-0.2, -0.15) is 0 Å². The lowest BCUT2D eigenvalue weighted by atomic mass is 9.92. The summed E-state index contributed by atoms with van der Waals surface area (Å²) in [5.41, 5.74) is 2.29. The van der Waals surface area contributed by atoms with Crippen LogP contribution in [0.5, 0.6) is 0 Å². The summed E-state index contributed by atoms with van der Waals surface area (Å²) in [5.74, 6) is 0.537. The van der Waals surface area contributed by atoms with Gasteiger partial charge in [-0.25, -0.2) is 0 Å². The Hall–Kier alpha value is -1.98. The van der Waals surface area contributed by atoms with Crippen molar-refractivity contribution in [2.75, 3.05) is 26.4 Å². The molecule has 0 aliphatic carbocycles. The molecule has 3 heterocycles. The van der Waals surface area contributed by atoms with E-state index in [4.69, 9.17) is 9.47 Å². The first kappa shape index (κ1) is 16.5. The minimum Gasteiger partial charge on any atom is -0.381 e. The lowest BCUT2D eigenvalue weighted by molar-refractivity contribution is -0.128. The number of hydrogen-bond donors (Lipinski definition) is 1. The molecule has 132 valence electrons. The van der Waals surface area contributed by atoms with Crippen LogP contribution in [0.15, 0.2) is 36.5 Å². The number of ether oxygens (including phenoxy) is 2. The molecule has 0 spiro atoms. The number of amides is 1. The number of nitrogens with one attached hydrogen (secondary N) is 1. The number of aromatic nitrogens is 1. The summed E-state index contributed by atoms with van der Waals surface area (Å²) in [5, 5.41) is 4.42. The number of nitrogens with zero attached hydrogens (tertiary/aromatic N) is 1. The van der Waals surface area contributed by atoms with Crippen molar-refractivity contribution in [1.82, 2.24) is 10.3 Å². The summed E-state index contributed by atoms with van der Waals surface area (Å²) < 4.78 is 11.0. The summed E-state index contributed by atoms with van der Waals surface area (Å²) in [7, 11) is 0. The van der Waals surface area contributed by atoms with Crippen LogP contribution < -0.4 is 5.32 Å². The van der Waals surface area contributed by atoms with Crippen LogP contribution in [-0.4, -0.2) is 43.4 Å². The van der Waals surface area contributed by atoms with Gasteiger partial charge in [0.1, 0.15) is 0 Å². The molecule has 2 atom stereocenters. The minimum absolute atomic E-state index is 0.0803. The Labute approximate surface area is 147 Å².